The summed E-state index contributed by atoms with van der Waals surface area (Å²) in [5, 5.41) is 12.0. The van der Waals surface area contributed by atoms with E-state index in [9.17, 15) is 9.90 Å². The zero-order valence-corrected chi connectivity index (χ0v) is 6.84. The molecular weight excluding hydrogens is 142 g/mol. The van der Waals surface area contributed by atoms with E-state index in [1.807, 2.05) is 0 Å². The highest BCUT2D eigenvalue weighted by Gasteiger charge is 2.29. The smallest absolute Gasteiger partial charge is 0.165 e. The molecule has 1 atom stereocenters. The summed E-state index contributed by atoms with van der Waals surface area (Å²) in [6.45, 7) is 0.384. The van der Waals surface area contributed by atoms with E-state index >= 15 is 0 Å². The molecule has 0 aromatic rings. The standard InChI is InChI=1S/C8H15NO2/c1-9-5-7(10)8(11)6-3-2-4-6/h6-7,9-10H,2-5H2,1H3. The first kappa shape index (κ1) is 8.68. The Morgan fingerprint density at radius 2 is 2.36 bits per heavy atom. The fourth-order valence-electron chi connectivity index (χ4n) is 1.26. The molecule has 0 aromatic heterocycles. The Morgan fingerprint density at radius 3 is 2.73 bits per heavy atom. The van der Waals surface area contributed by atoms with Crippen molar-refractivity contribution in [3.63, 3.8) is 0 Å². The lowest BCUT2D eigenvalue weighted by Gasteiger charge is -2.25. The van der Waals surface area contributed by atoms with Gasteiger partial charge in [-0.05, 0) is 19.9 Å². The largest absolute Gasteiger partial charge is 0.384 e. The Hall–Kier alpha value is -0.410. The van der Waals surface area contributed by atoms with Gasteiger partial charge < -0.3 is 10.4 Å². The number of hydrogen-bond donors (Lipinski definition) is 2. The Morgan fingerprint density at radius 1 is 1.73 bits per heavy atom. The van der Waals surface area contributed by atoms with Gasteiger partial charge in [0.15, 0.2) is 5.78 Å². The molecule has 0 spiro atoms. The maximum absolute atomic E-state index is 11.2. The lowest BCUT2D eigenvalue weighted by Crippen LogP contribution is -2.38. The highest BCUT2D eigenvalue weighted by molar-refractivity contribution is 5.86. The van der Waals surface area contributed by atoms with Gasteiger partial charge in [-0.25, -0.2) is 0 Å². The fourth-order valence-corrected chi connectivity index (χ4v) is 1.26. The van der Waals surface area contributed by atoms with Gasteiger partial charge in [-0.3, -0.25) is 4.79 Å². The number of likely N-dealkylation sites (N-methyl/N-ethyl adjacent to an activating group) is 1. The number of aliphatic hydroxyl groups excluding tert-OH is 1. The molecule has 0 heterocycles. The van der Waals surface area contributed by atoms with Gasteiger partial charge >= 0.3 is 0 Å². The van der Waals surface area contributed by atoms with Crippen LogP contribution in [-0.4, -0.2) is 30.6 Å². The average molecular weight is 157 g/mol. The third-order valence-electron chi connectivity index (χ3n) is 2.23. The number of Topliss-reactive ketones (excluding diaryl/α,β-unsaturated/α-hetero) is 1. The molecule has 0 saturated heterocycles. The van der Waals surface area contributed by atoms with Crippen LogP contribution in [0.4, 0.5) is 0 Å². The number of rotatable bonds is 4. The molecular formula is C8H15NO2. The van der Waals surface area contributed by atoms with Crippen LogP contribution in [0.3, 0.4) is 0 Å². The summed E-state index contributed by atoms with van der Waals surface area (Å²) in [6.07, 6.45) is 2.30. The molecule has 1 saturated carbocycles. The summed E-state index contributed by atoms with van der Waals surface area (Å²) in [5.41, 5.74) is 0. The van der Waals surface area contributed by atoms with Crippen LogP contribution in [0.1, 0.15) is 19.3 Å². The number of aliphatic hydroxyl groups is 1. The van der Waals surface area contributed by atoms with Gasteiger partial charge in [0, 0.05) is 12.5 Å². The number of ketones is 1. The monoisotopic (exact) mass is 157 g/mol. The molecule has 1 aliphatic carbocycles. The van der Waals surface area contributed by atoms with E-state index in [0.29, 0.717) is 6.54 Å². The normalized spacial score (nSPS) is 20.9. The SMILES string of the molecule is CNCC(O)C(=O)C1CCC1. The molecule has 3 heteroatoms. The van der Waals surface area contributed by atoms with Crippen LogP contribution in [0.2, 0.25) is 0 Å². The first-order valence-corrected chi connectivity index (χ1v) is 4.12. The zero-order chi connectivity index (χ0) is 8.27. The molecule has 0 amide bonds. The fraction of sp³-hybridized carbons (Fsp3) is 0.875. The van der Waals surface area contributed by atoms with Gasteiger partial charge in [0.1, 0.15) is 6.10 Å². The van der Waals surface area contributed by atoms with Crippen LogP contribution >= 0.6 is 0 Å². The van der Waals surface area contributed by atoms with Crippen LogP contribution in [0.25, 0.3) is 0 Å². The molecule has 1 aliphatic rings. The number of carbonyl (C=O) groups excluding carboxylic acids is 1. The number of nitrogens with one attached hydrogen (secondary N) is 1. The molecule has 1 rings (SSSR count). The molecule has 0 bridgehead atoms. The minimum absolute atomic E-state index is 0.0191. The van der Waals surface area contributed by atoms with Crippen molar-refractivity contribution in [2.24, 2.45) is 5.92 Å². The van der Waals surface area contributed by atoms with Crippen molar-refractivity contribution in [3.05, 3.63) is 0 Å². The van der Waals surface area contributed by atoms with Gasteiger partial charge in [-0.2, -0.15) is 0 Å². The van der Waals surface area contributed by atoms with E-state index in [-0.39, 0.29) is 11.7 Å². The van der Waals surface area contributed by atoms with Crippen molar-refractivity contribution < 1.29 is 9.90 Å². The summed E-state index contributed by atoms with van der Waals surface area (Å²) in [4.78, 5) is 11.2. The van der Waals surface area contributed by atoms with Crippen molar-refractivity contribution in [3.8, 4) is 0 Å². The minimum atomic E-state index is -0.787. The zero-order valence-electron chi connectivity index (χ0n) is 6.84. The van der Waals surface area contributed by atoms with E-state index in [0.717, 1.165) is 19.3 Å². The Labute approximate surface area is 66.8 Å². The highest BCUT2D eigenvalue weighted by Crippen LogP contribution is 2.27. The van der Waals surface area contributed by atoms with Crippen molar-refractivity contribution in [1.82, 2.24) is 5.32 Å². The molecule has 0 aliphatic heterocycles. The third kappa shape index (κ3) is 2.01. The molecule has 1 fully saturated rings. The summed E-state index contributed by atoms with van der Waals surface area (Å²) in [7, 11) is 1.73. The summed E-state index contributed by atoms with van der Waals surface area (Å²) < 4.78 is 0. The molecule has 64 valence electrons. The van der Waals surface area contributed by atoms with E-state index in [4.69, 9.17) is 0 Å². The van der Waals surface area contributed by atoms with Gasteiger partial charge in [0.2, 0.25) is 0 Å². The van der Waals surface area contributed by atoms with Gasteiger partial charge in [0.25, 0.3) is 0 Å². The number of carbonyl (C=O) groups is 1. The lowest BCUT2D eigenvalue weighted by molar-refractivity contribution is -0.133. The van der Waals surface area contributed by atoms with Crippen molar-refractivity contribution in [1.29, 1.82) is 0 Å². The van der Waals surface area contributed by atoms with Crippen LogP contribution in [0.15, 0.2) is 0 Å². The second-order valence-electron chi connectivity index (χ2n) is 3.10. The molecule has 0 radical (unpaired) electrons. The maximum Gasteiger partial charge on any atom is 0.165 e. The molecule has 11 heavy (non-hydrogen) atoms. The van der Waals surface area contributed by atoms with Crippen LogP contribution in [-0.2, 0) is 4.79 Å². The van der Waals surface area contributed by atoms with E-state index in [2.05, 4.69) is 5.32 Å². The predicted octanol–water partition coefficient (Wildman–Crippen LogP) is -0.0641. The summed E-state index contributed by atoms with van der Waals surface area (Å²) in [6, 6.07) is 0. The van der Waals surface area contributed by atoms with Crippen molar-refractivity contribution in [2.75, 3.05) is 13.6 Å². The highest BCUT2D eigenvalue weighted by atomic mass is 16.3. The van der Waals surface area contributed by atoms with Crippen molar-refractivity contribution in [2.45, 2.75) is 25.4 Å². The van der Waals surface area contributed by atoms with E-state index in [1.165, 1.54) is 0 Å². The first-order valence-electron chi connectivity index (χ1n) is 4.12. The van der Waals surface area contributed by atoms with E-state index in [1.54, 1.807) is 7.05 Å². The summed E-state index contributed by atoms with van der Waals surface area (Å²) >= 11 is 0. The Bertz CT molecular complexity index is 143. The predicted molar refractivity (Wildman–Crippen MR) is 42.3 cm³/mol. The average Bonchev–Trinajstić information content (AvgIpc) is 1.84. The maximum atomic E-state index is 11.2. The number of hydrogen-bond acceptors (Lipinski definition) is 3. The molecule has 1 unspecified atom stereocenters. The van der Waals surface area contributed by atoms with Crippen LogP contribution in [0.5, 0.6) is 0 Å². The first-order chi connectivity index (χ1) is 5.25. The quantitative estimate of drug-likeness (QED) is 0.601. The van der Waals surface area contributed by atoms with Gasteiger partial charge in [-0.15, -0.1) is 0 Å². The lowest BCUT2D eigenvalue weighted by atomic mass is 9.80. The Balaban J connectivity index is 2.27. The second kappa shape index (κ2) is 3.83. The second-order valence-corrected chi connectivity index (χ2v) is 3.10. The van der Waals surface area contributed by atoms with Crippen LogP contribution in [0, 0.1) is 5.92 Å². The van der Waals surface area contributed by atoms with Gasteiger partial charge in [0.05, 0.1) is 0 Å². The van der Waals surface area contributed by atoms with Gasteiger partial charge in [-0.1, -0.05) is 6.42 Å². The summed E-state index contributed by atoms with van der Waals surface area (Å²) in [5.74, 6) is 0.170. The molecule has 3 nitrogen and oxygen atoms in total. The third-order valence-corrected chi connectivity index (χ3v) is 2.23. The molecule has 2 N–H and O–H groups in total. The molecule has 0 aromatic carbocycles. The van der Waals surface area contributed by atoms with Crippen LogP contribution < -0.4 is 5.32 Å². The van der Waals surface area contributed by atoms with E-state index < -0.39 is 6.10 Å². The minimum Gasteiger partial charge on any atom is -0.384 e. The Kier molecular flexibility index (Phi) is 3.02. The van der Waals surface area contributed by atoms with Crippen molar-refractivity contribution >= 4 is 5.78 Å². The topological polar surface area (TPSA) is 49.3 Å².